The number of Topliss-reactive ketones (excluding diaryl/α,β-unsaturated/α-hetero) is 1. The minimum atomic E-state index is -4.65. The summed E-state index contributed by atoms with van der Waals surface area (Å²) in [4.78, 5) is 35.9. The second-order valence-electron chi connectivity index (χ2n) is 7.06. The van der Waals surface area contributed by atoms with Crippen molar-refractivity contribution in [2.24, 2.45) is 5.92 Å². The Balaban J connectivity index is 1.97. The zero-order chi connectivity index (χ0) is 21.4. The number of ether oxygens (including phenoxy) is 2. The number of carboxylic acid groups (broad SMARTS) is 1. The van der Waals surface area contributed by atoms with Crippen molar-refractivity contribution in [2.75, 3.05) is 0 Å². The van der Waals surface area contributed by atoms with Crippen molar-refractivity contribution < 1.29 is 37.7 Å². The molecular formula is C21H17F2O6-. The summed E-state index contributed by atoms with van der Waals surface area (Å²) in [5, 5.41) is 11.0. The highest BCUT2D eigenvalue weighted by atomic mass is 19.3. The Morgan fingerprint density at radius 3 is 2.07 bits per heavy atom. The van der Waals surface area contributed by atoms with Gasteiger partial charge in [-0.2, -0.15) is 8.78 Å². The van der Waals surface area contributed by atoms with Crippen molar-refractivity contribution >= 4 is 17.7 Å². The minimum absolute atomic E-state index is 0.197. The molecular weight excluding hydrogens is 386 g/mol. The van der Waals surface area contributed by atoms with Crippen LogP contribution in [-0.4, -0.2) is 35.5 Å². The predicted molar refractivity (Wildman–Crippen MR) is 94.7 cm³/mol. The van der Waals surface area contributed by atoms with Gasteiger partial charge in [-0.15, -0.1) is 0 Å². The maximum atomic E-state index is 14.4. The van der Waals surface area contributed by atoms with Crippen LogP contribution < -0.4 is 5.11 Å². The highest BCUT2D eigenvalue weighted by Crippen LogP contribution is 2.38. The second-order valence-corrected chi connectivity index (χ2v) is 7.06. The van der Waals surface area contributed by atoms with E-state index in [1.165, 1.54) is 38.1 Å². The van der Waals surface area contributed by atoms with Crippen LogP contribution in [0.5, 0.6) is 0 Å². The van der Waals surface area contributed by atoms with Gasteiger partial charge in [0, 0.05) is 19.4 Å². The van der Waals surface area contributed by atoms with E-state index < -0.39 is 41.5 Å². The minimum Gasteiger partial charge on any atom is -0.544 e. The number of rotatable bonds is 6. The van der Waals surface area contributed by atoms with Crippen molar-refractivity contribution in [1.82, 2.24) is 0 Å². The van der Waals surface area contributed by atoms with Crippen LogP contribution in [0.1, 0.15) is 24.2 Å². The molecule has 8 heteroatoms. The Labute approximate surface area is 165 Å². The van der Waals surface area contributed by atoms with Gasteiger partial charge in [0.15, 0.2) is 11.9 Å². The number of halogens is 2. The summed E-state index contributed by atoms with van der Waals surface area (Å²) >= 11 is 0. The third-order valence-corrected chi connectivity index (χ3v) is 4.51. The standard InChI is InChI=1S/C21H18F2O6/c1-20(2)28-17(18(25)29-20)15(21(22,23)19(26)27)16(24)14-10-8-13(9-11-14)12-6-4-3-5-7-12/h3-11,15,17H,1-2H3,(H,26,27)/p-1. The summed E-state index contributed by atoms with van der Waals surface area (Å²) in [7, 11) is 0. The quantitative estimate of drug-likeness (QED) is 0.542. The molecule has 2 unspecified atom stereocenters. The first-order valence-corrected chi connectivity index (χ1v) is 8.72. The summed E-state index contributed by atoms with van der Waals surface area (Å²) in [6.45, 7) is 2.58. The first-order chi connectivity index (χ1) is 13.5. The average molecular weight is 403 g/mol. The molecule has 0 aromatic heterocycles. The zero-order valence-corrected chi connectivity index (χ0v) is 15.6. The number of esters is 1. The molecule has 2 aromatic rings. The molecule has 0 N–H and O–H groups in total. The molecule has 6 nitrogen and oxygen atoms in total. The van der Waals surface area contributed by atoms with E-state index >= 15 is 0 Å². The van der Waals surface area contributed by atoms with Gasteiger partial charge in [-0.05, 0) is 11.1 Å². The monoisotopic (exact) mass is 403 g/mol. The van der Waals surface area contributed by atoms with Crippen molar-refractivity contribution in [3.05, 3.63) is 60.2 Å². The van der Waals surface area contributed by atoms with E-state index in [1.807, 2.05) is 30.3 Å². The van der Waals surface area contributed by atoms with Gasteiger partial charge >= 0.3 is 5.97 Å². The number of ketones is 1. The molecule has 0 aliphatic carbocycles. The van der Waals surface area contributed by atoms with Gasteiger partial charge in [0.1, 0.15) is 11.9 Å². The molecule has 29 heavy (non-hydrogen) atoms. The van der Waals surface area contributed by atoms with Gasteiger partial charge in [0.2, 0.25) is 5.79 Å². The highest BCUT2D eigenvalue weighted by Gasteiger charge is 2.58. The van der Waals surface area contributed by atoms with Crippen molar-refractivity contribution in [1.29, 1.82) is 0 Å². The van der Waals surface area contributed by atoms with Crippen LogP contribution in [0.15, 0.2) is 54.6 Å². The number of alkyl halides is 2. The van der Waals surface area contributed by atoms with E-state index in [0.29, 0.717) is 0 Å². The second kappa shape index (κ2) is 7.36. The highest BCUT2D eigenvalue weighted by molar-refractivity contribution is 6.04. The van der Waals surface area contributed by atoms with Crippen LogP contribution in [0.25, 0.3) is 11.1 Å². The lowest BCUT2D eigenvalue weighted by Crippen LogP contribution is -2.55. The van der Waals surface area contributed by atoms with Crippen LogP contribution in [0.4, 0.5) is 8.78 Å². The number of hydrogen-bond donors (Lipinski definition) is 0. The fourth-order valence-corrected chi connectivity index (χ4v) is 3.14. The molecule has 0 spiro atoms. The number of cyclic esters (lactones) is 1. The number of carbonyl (C=O) groups excluding carboxylic acids is 3. The van der Waals surface area contributed by atoms with Gasteiger partial charge < -0.3 is 19.4 Å². The SMILES string of the molecule is CC1(C)OC(=O)C(C(C(=O)c2ccc(-c3ccccc3)cc2)C(F)(F)C(=O)[O-])O1. The molecule has 1 aliphatic heterocycles. The van der Waals surface area contributed by atoms with Crippen molar-refractivity contribution in [3.8, 4) is 11.1 Å². The lowest BCUT2D eigenvalue weighted by atomic mass is 9.86. The van der Waals surface area contributed by atoms with E-state index in [2.05, 4.69) is 0 Å². The van der Waals surface area contributed by atoms with Crippen LogP contribution >= 0.6 is 0 Å². The van der Waals surface area contributed by atoms with Gasteiger partial charge in [0.25, 0.3) is 5.92 Å². The Morgan fingerprint density at radius 2 is 1.59 bits per heavy atom. The normalized spacial score (nSPS) is 19.4. The molecule has 1 aliphatic rings. The predicted octanol–water partition coefficient (Wildman–Crippen LogP) is 2.22. The van der Waals surface area contributed by atoms with Gasteiger partial charge in [-0.25, -0.2) is 4.79 Å². The van der Waals surface area contributed by atoms with Crippen LogP contribution in [0.3, 0.4) is 0 Å². The fourth-order valence-electron chi connectivity index (χ4n) is 3.14. The van der Waals surface area contributed by atoms with E-state index in [-0.39, 0.29) is 5.56 Å². The maximum Gasteiger partial charge on any atom is 0.338 e. The van der Waals surface area contributed by atoms with Gasteiger partial charge in [-0.3, -0.25) is 4.79 Å². The summed E-state index contributed by atoms with van der Waals surface area (Å²) in [6.07, 6.45) is -2.08. The first kappa shape index (κ1) is 20.6. The Morgan fingerprint density at radius 1 is 1.03 bits per heavy atom. The van der Waals surface area contributed by atoms with E-state index in [1.54, 1.807) is 0 Å². The summed E-state index contributed by atoms with van der Waals surface area (Å²) in [6, 6.07) is 14.8. The number of hydrogen-bond acceptors (Lipinski definition) is 6. The van der Waals surface area contributed by atoms with Crippen molar-refractivity contribution in [2.45, 2.75) is 31.7 Å². The largest absolute Gasteiger partial charge is 0.544 e. The van der Waals surface area contributed by atoms with Crippen LogP contribution in [-0.2, 0) is 19.1 Å². The zero-order valence-electron chi connectivity index (χ0n) is 15.6. The molecule has 152 valence electrons. The Bertz CT molecular complexity index is 937. The lowest BCUT2D eigenvalue weighted by molar-refractivity contribution is -0.334. The number of benzene rings is 2. The smallest absolute Gasteiger partial charge is 0.338 e. The third-order valence-electron chi connectivity index (χ3n) is 4.51. The molecule has 0 radical (unpaired) electrons. The molecule has 1 saturated heterocycles. The Hall–Kier alpha value is -3.13. The van der Waals surface area contributed by atoms with Crippen molar-refractivity contribution in [3.63, 3.8) is 0 Å². The Kier molecular flexibility index (Phi) is 5.23. The molecule has 0 bridgehead atoms. The molecule has 2 atom stereocenters. The van der Waals surface area contributed by atoms with E-state index in [0.717, 1.165) is 11.1 Å². The molecule has 1 heterocycles. The summed E-state index contributed by atoms with van der Waals surface area (Å²) in [5.41, 5.74) is 1.37. The molecule has 1 fully saturated rings. The number of carbonyl (C=O) groups is 3. The molecule has 2 aromatic carbocycles. The summed E-state index contributed by atoms with van der Waals surface area (Å²) in [5.74, 6) is -14.1. The topological polar surface area (TPSA) is 92.7 Å². The van der Waals surface area contributed by atoms with Crippen LogP contribution in [0, 0.1) is 5.92 Å². The molecule has 3 rings (SSSR count). The van der Waals surface area contributed by atoms with Gasteiger partial charge in [-0.1, -0.05) is 54.6 Å². The van der Waals surface area contributed by atoms with E-state index in [4.69, 9.17) is 9.47 Å². The molecule has 0 amide bonds. The van der Waals surface area contributed by atoms with Crippen LogP contribution in [0.2, 0.25) is 0 Å². The first-order valence-electron chi connectivity index (χ1n) is 8.72. The average Bonchev–Trinajstić information content (AvgIpc) is 2.94. The fraction of sp³-hybridized carbons (Fsp3) is 0.286. The third kappa shape index (κ3) is 4.02. The number of aliphatic carboxylic acids is 1. The molecule has 0 saturated carbocycles. The summed E-state index contributed by atoms with van der Waals surface area (Å²) < 4.78 is 38.7. The number of carboxylic acids is 1. The van der Waals surface area contributed by atoms with E-state index in [9.17, 15) is 28.3 Å². The van der Waals surface area contributed by atoms with Gasteiger partial charge in [0.05, 0.1) is 0 Å². The maximum absolute atomic E-state index is 14.4. The lowest BCUT2D eigenvalue weighted by Gasteiger charge is -2.29.